The predicted molar refractivity (Wildman–Crippen MR) is 106 cm³/mol. The molecule has 0 aliphatic heterocycles. The van der Waals surface area contributed by atoms with E-state index in [1.54, 1.807) is 12.1 Å². The molecular weight excluding hydrogens is 392 g/mol. The number of carbonyl (C=O) groups excluding carboxylic acids is 1. The van der Waals surface area contributed by atoms with Crippen molar-refractivity contribution in [2.75, 3.05) is 11.5 Å². The van der Waals surface area contributed by atoms with Crippen LogP contribution in [0.15, 0.2) is 60.9 Å². The van der Waals surface area contributed by atoms with Crippen LogP contribution in [0.25, 0.3) is 11.4 Å². The first kappa shape index (κ1) is 20.2. The van der Waals surface area contributed by atoms with Gasteiger partial charge in [0.1, 0.15) is 34.9 Å². The first-order valence-corrected chi connectivity index (χ1v) is 8.48. The highest BCUT2D eigenvalue weighted by atomic mass is 19.1. The van der Waals surface area contributed by atoms with Crippen LogP contribution < -0.4 is 11.5 Å². The fourth-order valence-corrected chi connectivity index (χ4v) is 2.48. The second-order valence-corrected chi connectivity index (χ2v) is 5.93. The Morgan fingerprint density at radius 1 is 0.833 bits per heavy atom. The molecule has 10 heteroatoms. The summed E-state index contributed by atoms with van der Waals surface area (Å²) in [4.78, 5) is 10.5. The highest BCUT2D eigenvalue weighted by Crippen LogP contribution is 2.17. The van der Waals surface area contributed by atoms with E-state index in [4.69, 9.17) is 16.7 Å². The minimum atomic E-state index is -0.333. The smallest absolute Gasteiger partial charge is 0.155 e. The van der Waals surface area contributed by atoms with Crippen molar-refractivity contribution in [1.82, 2.24) is 19.6 Å². The molecule has 0 spiro atoms. The minimum absolute atomic E-state index is 0.247. The van der Waals surface area contributed by atoms with Crippen molar-refractivity contribution >= 4 is 17.9 Å². The number of nitrogens with two attached hydrogens (primary N) is 2. The van der Waals surface area contributed by atoms with Gasteiger partial charge in [-0.05, 0) is 48.5 Å². The van der Waals surface area contributed by atoms with E-state index >= 15 is 0 Å². The van der Waals surface area contributed by atoms with Crippen molar-refractivity contribution in [3.8, 4) is 17.4 Å². The van der Waals surface area contributed by atoms with Gasteiger partial charge in [-0.25, -0.2) is 18.1 Å². The molecule has 0 amide bonds. The molecule has 8 nitrogen and oxygen atoms in total. The van der Waals surface area contributed by atoms with Crippen molar-refractivity contribution in [2.24, 2.45) is 0 Å². The molecule has 4 aromatic rings. The zero-order valence-electron chi connectivity index (χ0n) is 15.4. The third-order valence-electron chi connectivity index (χ3n) is 4.03. The predicted octanol–water partition coefficient (Wildman–Crippen LogP) is 2.87. The van der Waals surface area contributed by atoms with Gasteiger partial charge in [0.25, 0.3) is 0 Å². The molecular formula is C20H15F2N7O. The van der Waals surface area contributed by atoms with Gasteiger partial charge in [0, 0.05) is 0 Å². The Morgan fingerprint density at radius 2 is 1.30 bits per heavy atom. The Balaban J connectivity index is 0.000000171. The number of aldehydes is 1. The lowest BCUT2D eigenvalue weighted by Crippen LogP contribution is -2.02. The van der Waals surface area contributed by atoms with E-state index in [2.05, 4.69) is 10.2 Å². The first-order chi connectivity index (χ1) is 14.4. The van der Waals surface area contributed by atoms with Gasteiger partial charge in [-0.1, -0.05) is 0 Å². The van der Waals surface area contributed by atoms with Gasteiger partial charge >= 0.3 is 0 Å². The first-order valence-electron chi connectivity index (χ1n) is 8.48. The number of hydrogen-bond acceptors (Lipinski definition) is 6. The van der Waals surface area contributed by atoms with Crippen LogP contribution in [0.4, 0.5) is 20.4 Å². The maximum atomic E-state index is 12.7. The van der Waals surface area contributed by atoms with E-state index in [-0.39, 0.29) is 23.3 Å². The van der Waals surface area contributed by atoms with Crippen LogP contribution in [-0.4, -0.2) is 25.8 Å². The second-order valence-electron chi connectivity index (χ2n) is 5.93. The lowest BCUT2D eigenvalue weighted by atomic mass is 10.3. The zero-order valence-corrected chi connectivity index (χ0v) is 15.4. The number of hydrogen-bond donors (Lipinski definition) is 2. The second kappa shape index (κ2) is 8.66. The molecule has 2 aromatic carbocycles. The maximum absolute atomic E-state index is 12.7. The van der Waals surface area contributed by atoms with Gasteiger partial charge in [0.05, 0.1) is 29.3 Å². The van der Waals surface area contributed by atoms with E-state index in [0.29, 0.717) is 28.8 Å². The SMILES string of the molecule is N#Cc1cnn(-c2ccc(F)cc2)c1N.Nc1c(C=O)cnn1-c1ccc(F)cc1. The van der Waals surface area contributed by atoms with Crippen molar-refractivity contribution < 1.29 is 13.6 Å². The quantitative estimate of drug-likeness (QED) is 0.503. The normalized spacial score (nSPS) is 10.0. The van der Waals surface area contributed by atoms with Gasteiger partial charge in [-0.3, -0.25) is 4.79 Å². The summed E-state index contributed by atoms with van der Waals surface area (Å²) in [5.74, 6) is -0.161. The van der Waals surface area contributed by atoms with Gasteiger partial charge < -0.3 is 11.5 Å². The van der Waals surface area contributed by atoms with Gasteiger partial charge in [-0.2, -0.15) is 15.5 Å². The molecule has 0 saturated carbocycles. The van der Waals surface area contributed by atoms with Crippen molar-refractivity contribution in [1.29, 1.82) is 5.26 Å². The zero-order chi connectivity index (χ0) is 21.7. The number of nitrogens with zero attached hydrogens (tertiary/aromatic N) is 5. The number of nitriles is 1. The Labute approximate surface area is 169 Å². The van der Waals surface area contributed by atoms with Crippen LogP contribution in [0.5, 0.6) is 0 Å². The summed E-state index contributed by atoms with van der Waals surface area (Å²) >= 11 is 0. The largest absolute Gasteiger partial charge is 0.383 e. The highest BCUT2D eigenvalue weighted by Gasteiger charge is 2.08. The van der Waals surface area contributed by atoms with E-state index < -0.39 is 0 Å². The molecule has 2 aromatic heterocycles. The molecule has 0 atom stereocenters. The lowest BCUT2D eigenvalue weighted by molar-refractivity contribution is 0.112. The van der Waals surface area contributed by atoms with E-state index in [1.165, 1.54) is 58.2 Å². The molecule has 0 bridgehead atoms. The van der Waals surface area contributed by atoms with Gasteiger partial charge in [0.15, 0.2) is 6.29 Å². The lowest BCUT2D eigenvalue weighted by Gasteiger charge is -2.03. The monoisotopic (exact) mass is 407 g/mol. The van der Waals surface area contributed by atoms with Gasteiger partial charge in [0.2, 0.25) is 0 Å². The molecule has 0 fully saturated rings. The summed E-state index contributed by atoms with van der Waals surface area (Å²) in [6, 6.07) is 13.3. The van der Waals surface area contributed by atoms with E-state index in [9.17, 15) is 13.6 Å². The highest BCUT2D eigenvalue weighted by molar-refractivity contribution is 5.81. The topological polar surface area (TPSA) is 129 Å². The Hall–Kier alpha value is -4.52. The minimum Gasteiger partial charge on any atom is -0.383 e. The fourth-order valence-electron chi connectivity index (χ4n) is 2.48. The molecule has 0 saturated heterocycles. The molecule has 0 aliphatic carbocycles. The fraction of sp³-hybridized carbons (Fsp3) is 0. The number of rotatable bonds is 3. The van der Waals surface area contributed by atoms with Crippen LogP contribution in [0.2, 0.25) is 0 Å². The van der Waals surface area contributed by atoms with Crippen LogP contribution in [0, 0.1) is 23.0 Å². The Morgan fingerprint density at radius 3 is 1.70 bits per heavy atom. The van der Waals surface area contributed by atoms with E-state index in [1.807, 2.05) is 6.07 Å². The summed E-state index contributed by atoms with van der Waals surface area (Å²) < 4.78 is 28.1. The number of benzene rings is 2. The molecule has 150 valence electrons. The van der Waals surface area contributed by atoms with Crippen LogP contribution in [0.1, 0.15) is 15.9 Å². The van der Waals surface area contributed by atoms with Crippen molar-refractivity contribution in [3.05, 3.63) is 83.7 Å². The summed E-state index contributed by atoms with van der Waals surface area (Å²) in [7, 11) is 0. The summed E-state index contributed by atoms with van der Waals surface area (Å²) in [6.45, 7) is 0. The molecule has 0 unspecified atom stereocenters. The summed E-state index contributed by atoms with van der Waals surface area (Å²) in [6.07, 6.45) is 3.37. The van der Waals surface area contributed by atoms with Crippen LogP contribution >= 0.6 is 0 Å². The van der Waals surface area contributed by atoms with Gasteiger partial charge in [-0.15, -0.1) is 0 Å². The molecule has 2 heterocycles. The Kier molecular flexibility index (Phi) is 5.84. The number of carbonyl (C=O) groups is 1. The van der Waals surface area contributed by atoms with Crippen LogP contribution in [-0.2, 0) is 0 Å². The average molecular weight is 407 g/mol. The number of aromatic nitrogens is 4. The summed E-state index contributed by atoms with van der Waals surface area (Å²) in [5.41, 5.74) is 13.2. The molecule has 4 N–H and O–H groups in total. The molecule has 4 rings (SSSR count). The Bertz CT molecular complexity index is 1210. The standard InChI is InChI=1S/C10H7FN4.C10H8FN3O/c11-8-1-3-9(4-2-8)15-10(13)7(5-12)6-14-15;11-8-1-3-9(4-2-8)14-10(12)7(6-15)5-13-14/h1-4,6H,13H2;1-6H,12H2. The summed E-state index contributed by atoms with van der Waals surface area (Å²) in [5, 5.41) is 16.5. The maximum Gasteiger partial charge on any atom is 0.155 e. The molecule has 30 heavy (non-hydrogen) atoms. The van der Waals surface area contributed by atoms with Crippen LogP contribution in [0.3, 0.4) is 0 Å². The molecule has 0 radical (unpaired) electrons. The van der Waals surface area contributed by atoms with E-state index in [0.717, 1.165) is 0 Å². The third-order valence-corrected chi connectivity index (χ3v) is 4.03. The number of nitrogen functional groups attached to an aromatic ring is 2. The van der Waals surface area contributed by atoms with Crippen molar-refractivity contribution in [3.63, 3.8) is 0 Å². The third kappa shape index (κ3) is 4.15. The number of halogens is 2. The number of anilines is 2. The van der Waals surface area contributed by atoms with Crippen molar-refractivity contribution in [2.45, 2.75) is 0 Å². The molecule has 0 aliphatic rings. The average Bonchev–Trinajstić information content (AvgIpc) is 3.32.